The fourth-order valence-corrected chi connectivity index (χ4v) is 17.4. The Labute approximate surface area is 710 Å². The van der Waals surface area contributed by atoms with Gasteiger partial charge in [0.2, 0.25) is 0 Å². The quantitative estimate of drug-likeness (QED) is 0.0222. The Morgan fingerprint density at radius 2 is 0.870 bits per heavy atom. The van der Waals surface area contributed by atoms with Gasteiger partial charge in [0.25, 0.3) is 11.8 Å². The molecule has 0 saturated carbocycles. The molecule has 8 N–H and O–H groups in total. The van der Waals surface area contributed by atoms with E-state index in [1.807, 2.05) is 54.7 Å². The lowest BCUT2D eigenvalue weighted by molar-refractivity contribution is 0.0264. The number of methoxy groups -OCH3 is 3. The largest absolute Gasteiger partial charge is 0.394 e. The summed E-state index contributed by atoms with van der Waals surface area (Å²) in [6, 6.07) is 54.9. The van der Waals surface area contributed by atoms with Crippen LogP contribution in [-0.2, 0) is 35.2 Å². The molecule has 0 aliphatic carbocycles. The number of Topliss-reactive ketones (excluding diaryl/α,β-unsaturated/α-hetero) is 1. The van der Waals surface area contributed by atoms with Crippen LogP contribution in [0.15, 0.2) is 201 Å². The van der Waals surface area contributed by atoms with Gasteiger partial charge in [-0.15, -0.1) is 0 Å². The second-order valence-electron chi connectivity index (χ2n) is 34.2. The zero-order valence-corrected chi connectivity index (χ0v) is 70.9. The number of rotatable bonds is 27. The first kappa shape index (κ1) is 86.0. The first-order valence-corrected chi connectivity index (χ1v) is 41.4. The number of aliphatic hydroxyl groups is 3. The van der Waals surface area contributed by atoms with Crippen LogP contribution in [0.2, 0.25) is 0 Å². The first-order chi connectivity index (χ1) is 59.2. The number of carbonyl (C=O) groups is 3. The van der Waals surface area contributed by atoms with Crippen molar-refractivity contribution in [2.24, 2.45) is 0 Å². The number of aromatic amines is 3. The van der Waals surface area contributed by atoms with Crippen molar-refractivity contribution < 1.29 is 61.8 Å². The summed E-state index contributed by atoms with van der Waals surface area (Å²) in [7, 11) is 7.22. The van der Waals surface area contributed by atoms with Gasteiger partial charge in [-0.25, -0.2) is 13.2 Å². The first-order valence-electron chi connectivity index (χ1n) is 41.4. The normalized spacial score (nSPS) is 15.2. The van der Waals surface area contributed by atoms with Crippen molar-refractivity contribution >= 4 is 83.0 Å². The second-order valence-corrected chi connectivity index (χ2v) is 34.2. The lowest BCUT2D eigenvalue weighted by atomic mass is 9.84. The monoisotopic (exact) mass is 1670 g/mol. The zero-order chi connectivity index (χ0) is 86.7. The van der Waals surface area contributed by atoms with Crippen LogP contribution in [0.1, 0.15) is 109 Å². The molecule has 6 aromatic heterocycles. The highest BCUT2D eigenvalue weighted by atomic mass is 19.1. The van der Waals surface area contributed by atoms with Crippen LogP contribution in [0.4, 0.5) is 13.2 Å². The number of benzene rings is 9. The maximum absolute atomic E-state index is 14.0. The molecule has 2 fully saturated rings. The maximum atomic E-state index is 14.0. The molecule has 17 rings (SSSR count). The summed E-state index contributed by atoms with van der Waals surface area (Å²) in [4.78, 5) is 43.5. The number of nitrogens with one attached hydrogen (secondary N) is 5. The van der Waals surface area contributed by atoms with E-state index in [1.165, 1.54) is 36.4 Å². The molecule has 23 nitrogen and oxygen atoms in total. The van der Waals surface area contributed by atoms with Crippen LogP contribution >= 0.6 is 0 Å². The van der Waals surface area contributed by atoms with Gasteiger partial charge in [0.05, 0.1) is 90.8 Å². The molecule has 0 spiro atoms. The molecule has 2 unspecified atom stereocenters. The van der Waals surface area contributed by atoms with Crippen LogP contribution < -0.4 is 10.6 Å². The standard InChI is InChI=1S/C35H40FN5O2.C32H33FN4O4.C30H31FN4O4/c1-35(2,23-43-4)34-33(25-9-7-24(8-10-25)32(42)6-5-15-40-18-16-39(3)17-19-40)29-21-30-26(22-37-38-30)20-31(29)41(34)28-13-11-27(36)12-14-28;1-31(2,18-40-3)29-28(20-4-6-21(7-5-20)30(38)34-17-32(39)12-13-41-19-32)25-15-26-22(16-35-36-26)14-27(25)37(29)24-10-8-23(33)9-11-24;1-30(2,17-39-3)28-27(18-4-6-19(7-5-18)29(38)32-15-23(37)16-36)24-13-25-20(14-33-34-25)12-26(24)35(28)22-10-8-21(31)9-11-22/h7-14,20-22H,5-6,15-19,23H2,1-4H3,(H,37,38);4-11,14-16,39H,12-13,17-19H2,1-3H3,(H,34,38)(H,35,36);4-14,23,36-37H,15-17H2,1-3H3,(H,32,38)(H,33,34). The molecule has 2 saturated heterocycles. The third-order valence-electron chi connectivity index (χ3n) is 23.5. The number of amides is 2. The fourth-order valence-electron chi connectivity index (χ4n) is 17.4. The van der Waals surface area contributed by atoms with Gasteiger partial charge in [-0.3, -0.25) is 29.7 Å². The number of halogens is 3. The van der Waals surface area contributed by atoms with Gasteiger partial charge in [-0.05, 0) is 170 Å². The summed E-state index contributed by atoms with van der Waals surface area (Å²) in [6.07, 6.45) is 6.27. The zero-order valence-electron chi connectivity index (χ0n) is 70.9. The minimum atomic E-state index is -1.03. The number of ether oxygens (including phenoxy) is 4. The molecule has 0 bridgehead atoms. The third kappa shape index (κ3) is 18.2. The van der Waals surface area contributed by atoms with E-state index in [2.05, 4.69) is 162 Å². The van der Waals surface area contributed by atoms with E-state index in [0.717, 1.165) is 178 Å². The minimum Gasteiger partial charge on any atom is -0.394 e. The summed E-state index contributed by atoms with van der Waals surface area (Å²) in [6.45, 7) is 19.8. The van der Waals surface area contributed by atoms with E-state index in [4.69, 9.17) is 24.1 Å². The van der Waals surface area contributed by atoms with Crippen molar-refractivity contribution in [2.45, 2.75) is 88.8 Å². The van der Waals surface area contributed by atoms with Crippen molar-refractivity contribution in [3.05, 3.63) is 252 Å². The molecule has 9 aromatic carbocycles. The molecule has 8 heterocycles. The average molecular weight is 1670 g/mol. The van der Waals surface area contributed by atoms with E-state index in [-0.39, 0.29) is 54.7 Å². The molecule has 26 heteroatoms. The fraction of sp³-hybridized carbons (Fsp3) is 0.320. The number of hydrogen-bond donors (Lipinski definition) is 8. The molecule has 2 aliphatic heterocycles. The molecule has 123 heavy (non-hydrogen) atoms. The highest BCUT2D eigenvalue weighted by Crippen LogP contribution is 2.49. The molecule has 638 valence electrons. The number of aromatic nitrogens is 9. The van der Waals surface area contributed by atoms with Crippen LogP contribution in [-0.4, -0.2) is 213 Å². The van der Waals surface area contributed by atoms with Crippen molar-refractivity contribution in [1.82, 2.24) is 64.7 Å². The van der Waals surface area contributed by atoms with Crippen molar-refractivity contribution in [2.75, 3.05) is 114 Å². The van der Waals surface area contributed by atoms with Crippen LogP contribution in [0.25, 0.3) is 116 Å². The Kier molecular flexibility index (Phi) is 25.3. The number of likely N-dealkylation sites (N-methyl/N-ethyl adjacent to an activating group) is 1. The number of aliphatic hydroxyl groups excluding tert-OH is 2. The van der Waals surface area contributed by atoms with Crippen LogP contribution in [0, 0.1) is 17.5 Å². The number of H-pyrrole nitrogens is 3. The number of hydrogen-bond acceptors (Lipinski definition) is 15. The maximum Gasteiger partial charge on any atom is 0.251 e. The lowest BCUT2D eigenvalue weighted by Crippen LogP contribution is -2.44. The predicted molar refractivity (Wildman–Crippen MR) is 475 cm³/mol. The minimum absolute atomic E-state index is 0.0439. The molecular weight excluding hydrogens is 1560 g/mol. The van der Waals surface area contributed by atoms with Gasteiger partial charge < -0.3 is 68.4 Å². The number of fused-ring (bicyclic) bond motifs is 6. The lowest BCUT2D eigenvalue weighted by Gasteiger charge is -2.32. The summed E-state index contributed by atoms with van der Waals surface area (Å²) in [5, 5.41) is 62.4. The van der Waals surface area contributed by atoms with Gasteiger partial charge in [0.15, 0.2) is 5.78 Å². The second kappa shape index (κ2) is 36.2. The number of ketones is 1. The molecule has 2 amide bonds. The highest BCUT2D eigenvalue weighted by molar-refractivity contribution is 6.10. The van der Waals surface area contributed by atoms with Crippen LogP contribution in [0.5, 0.6) is 0 Å². The number of nitrogens with zero attached hydrogens (tertiary/aromatic N) is 8. The van der Waals surface area contributed by atoms with Gasteiger partial charge in [0, 0.05) is 196 Å². The van der Waals surface area contributed by atoms with E-state index < -0.39 is 34.6 Å². The van der Waals surface area contributed by atoms with Gasteiger partial charge in [-0.1, -0.05) is 90.1 Å². The molecule has 15 aromatic rings. The number of carbonyl (C=O) groups excluding carboxylic acids is 3. The molecule has 0 radical (unpaired) electrons. The van der Waals surface area contributed by atoms with E-state index in [0.29, 0.717) is 50.4 Å². The van der Waals surface area contributed by atoms with Crippen molar-refractivity contribution in [1.29, 1.82) is 0 Å². The topological polar surface area (TPSA) is 280 Å². The molecular formula is C97H104F3N13O10. The third-order valence-corrected chi connectivity index (χ3v) is 23.5. The summed E-state index contributed by atoms with van der Waals surface area (Å²) in [5.74, 6) is -1.33. The van der Waals surface area contributed by atoms with E-state index in [1.54, 1.807) is 82.3 Å². The van der Waals surface area contributed by atoms with Crippen molar-refractivity contribution in [3.8, 4) is 50.4 Å². The smallest absolute Gasteiger partial charge is 0.251 e. The van der Waals surface area contributed by atoms with E-state index >= 15 is 0 Å². The number of piperazine rings is 1. The van der Waals surface area contributed by atoms with Gasteiger partial charge in [0.1, 0.15) is 23.1 Å². The Hall–Kier alpha value is -12.0. The highest BCUT2D eigenvalue weighted by Gasteiger charge is 2.38. The van der Waals surface area contributed by atoms with E-state index in [9.17, 15) is 37.8 Å². The molecule has 2 atom stereocenters. The Morgan fingerprint density at radius 3 is 1.21 bits per heavy atom. The SMILES string of the molecule is COCC(C)(C)c1c(-c2ccc(C(=O)CCCN3CCN(C)CC3)cc2)c2cc3[nH]ncc3cc2n1-c1ccc(F)cc1.COCC(C)(C)c1c(-c2ccc(C(=O)NCC(O)CO)cc2)c2cc3[nH]ncc3cc2n1-c1ccc(F)cc1.COCC(C)(C)c1c(-c2ccc(C(=O)NCC3(O)CCOC3)cc2)c2cc3[nH]ncc3cc2n1-c1ccc(F)cc1. The van der Waals surface area contributed by atoms with Gasteiger partial charge in [-0.2, -0.15) is 15.3 Å². The summed E-state index contributed by atoms with van der Waals surface area (Å²) >= 11 is 0. The van der Waals surface area contributed by atoms with Gasteiger partial charge >= 0.3 is 0 Å². The summed E-state index contributed by atoms with van der Waals surface area (Å²) < 4.78 is 70.8. The predicted octanol–water partition coefficient (Wildman–Crippen LogP) is 15.9. The Morgan fingerprint density at radius 1 is 0.512 bits per heavy atom. The van der Waals surface area contributed by atoms with Crippen molar-refractivity contribution in [3.63, 3.8) is 0 Å². The Bertz CT molecular complexity index is 6270. The summed E-state index contributed by atoms with van der Waals surface area (Å²) in [5.41, 5.74) is 16.3. The average Bonchev–Trinajstić information content (AvgIpc) is 1.58. The molecule has 2 aliphatic rings. The Balaban J connectivity index is 0.000000143. The van der Waals surface area contributed by atoms with Crippen LogP contribution in [0.3, 0.4) is 0 Å².